The van der Waals surface area contributed by atoms with E-state index in [2.05, 4.69) is 65.0 Å². The maximum Gasteiger partial charge on any atom is 0.0888 e. The summed E-state index contributed by atoms with van der Waals surface area (Å²) in [6, 6.07) is 12.2. The van der Waals surface area contributed by atoms with Crippen LogP contribution in [0.2, 0.25) is 0 Å². The lowest BCUT2D eigenvalue weighted by Crippen LogP contribution is -1.92. The number of hydrogen-bond acceptors (Lipinski definition) is 4. The van der Waals surface area contributed by atoms with Gasteiger partial charge in [-0.2, -0.15) is 0 Å². The minimum absolute atomic E-state index is 0.484. The van der Waals surface area contributed by atoms with Crippen LogP contribution in [0.4, 0.5) is 0 Å². The molecule has 0 saturated heterocycles. The summed E-state index contributed by atoms with van der Waals surface area (Å²) in [5.74, 6) is 0.484. The number of hydrogen-bond donors (Lipinski definition) is 0. The molecule has 4 rings (SSSR count). The molecular weight excluding hydrogens is 308 g/mol. The fraction of sp³-hybridized carbons (Fsp3) is 0.238. The molecule has 0 aromatic carbocycles. The number of aryl methyl sites for hydroxylation is 1. The minimum Gasteiger partial charge on any atom is -0.264 e. The molecular formula is C21H22N4. The average Bonchev–Trinajstić information content (AvgIpc) is 2.67. The Morgan fingerprint density at radius 2 is 1.52 bits per heavy atom. The number of rotatable bonds is 2. The first kappa shape index (κ1) is 17.0. The zero-order chi connectivity index (χ0) is 17.6. The van der Waals surface area contributed by atoms with Crippen molar-refractivity contribution in [2.75, 3.05) is 0 Å². The summed E-state index contributed by atoms with van der Waals surface area (Å²) < 4.78 is 0. The highest BCUT2D eigenvalue weighted by molar-refractivity contribution is 5.77. The van der Waals surface area contributed by atoms with Crippen LogP contribution in [0.15, 0.2) is 61.2 Å². The van der Waals surface area contributed by atoms with E-state index in [-0.39, 0.29) is 0 Å². The van der Waals surface area contributed by atoms with E-state index in [9.17, 15) is 0 Å². The van der Waals surface area contributed by atoms with Gasteiger partial charge in [0.15, 0.2) is 0 Å². The van der Waals surface area contributed by atoms with Gasteiger partial charge in [-0.3, -0.25) is 19.9 Å². The van der Waals surface area contributed by atoms with E-state index in [1.165, 1.54) is 0 Å². The first-order chi connectivity index (χ1) is 12.2. The lowest BCUT2D eigenvalue weighted by molar-refractivity contribution is 0.830. The smallest absolute Gasteiger partial charge is 0.0888 e. The molecule has 0 radical (unpaired) electrons. The summed E-state index contributed by atoms with van der Waals surface area (Å²) in [6.45, 7) is 6.40. The molecule has 4 nitrogen and oxygen atoms in total. The number of aromatic nitrogens is 4. The van der Waals surface area contributed by atoms with Crippen LogP contribution >= 0.6 is 0 Å². The Hall–Kier alpha value is -2.88. The zero-order valence-corrected chi connectivity index (χ0v) is 14.8. The van der Waals surface area contributed by atoms with Gasteiger partial charge in [0.2, 0.25) is 0 Å². The number of pyridine rings is 4. The SMILES string of the molecule is CC(C)c1ccc2cnccc2n1.CCc1ccc2ccncc2n1. The topological polar surface area (TPSA) is 51.6 Å². The minimum atomic E-state index is 0.484. The molecule has 0 bridgehead atoms. The summed E-state index contributed by atoms with van der Waals surface area (Å²) in [5.41, 5.74) is 4.27. The van der Waals surface area contributed by atoms with Gasteiger partial charge in [0, 0.05) is 40.8 Å². The van der Waals surface area contributed by atoms with E-state index in [1.807, 2.05) is 18.3 Å². The van der Waals surface area contributed by atoms with E-state index in [1.54, 1.807) is 18.6 Å². The van der Waals surface area contributed by atoms with Crippen LogP contribution in [0.5, 0.6) is 0 Å². The van der Waals surface area contributed by atoms with Gasteiger partial charge >= 0.3 is 0 Å². The van der Waals surface area contributed by atoms with Crippen molar-refractivity contribution < 1.29 is 0 Å². The highest BCUT2D eigenvalue weighted by Gasteiger charge is 2.01. The van der Waals surface area contributed by atoms with Crippen LogP contribution in [0, 0.1) is 0 Å². The van der Waals surface area contributed by atoms with Crippen molar-refractivity contribution in [3.8, 4) is 0 Å². The van der Waals surface area contributed by atoms with E-state index < -0.39 is 0 Å². The third-order valence-corrected chi connectivity index (χ3v) is 4.02. The van der Waals surface area contributed by atoms with Crippen LogP contribution in [0.25, 0.3) is 21.8 Å². The molecule has 0 aliphatic carbocycles. The summed E-state index contributed by atoms with van der Waals surface area (Å²) in [6.07, 6.45) is 8.18. The molecule has 0 aliphatic heterocycles. The molecule has 4 heteroatoms. The van der Waals surface area contributed by atoms with Crippen molar-refractivity contribution in [3.63, 3.8) is 0 Å². The second-order valence-corrected chi connectivity index (χ2v) is 6.18. The maximum atomic E-state index is 4.53. The Bertz CT molecular complexity index is 979. The van der Waals surface area contributed by atoms with Gasteiger partial charge in [0.05, 0.1) is 17.2 Å². The van der Waals surface area contributed by atoms with E-state index in [0.717, 1.165) is 39.6 Å². The number of fused-ring (bicyclic) bond motifs is 2. The first-order valence-electron chi connectivity index (χ1n) is 8.57. The molecule has 4 aromatic rings. The van der Waals surface area contributed by atoms with Crippen LogP contribution in [0.1, 0.15) is 38.1 Å². The van der Waals surface area contributed by atoms with Gasteiger partial charge in [-0.25, -0.2) is 0 Å². The molecule has 4 heterocycles. The van der Waals surface area contributed by atoms with Crippen LogP contribution in [-0.4, -0.2) is 19.9 Å². The summed E-state index contributed by atoms with van der Waals surface area (Å²) >= 11 is 0. The Balaban J connectivity index is 0.000000146. The van der Waals surface area contributed by atoms with Crippen molar-refractivity contribution in [2.45, 2.75) is 33.1 Å². The van der Waals surface area contributed by atoms with Gasteiger partial charge in [-0.1, -0.05) is 26.8 Å². The van der Waals surface area contributed by atoms with Crippen LogP contribution < -0.4 is 0 Å². The Labute approximate surface area is 148 Å². The lowest BCUT2D eigenvalue weighted by atomic mass is 10.1. The van der Waals surface area contributed by atoms with Gasteiger partial charge < -0.3 is 0 Å². The highest BCUT2D eigenvalue weighted by atomic mass is 14.7. The maximum absolute atomic E-state index is 4.53. The van der Waals surface area contributed by atoms with E-state index in [4.69, 9.17) is 0 Å². The van der Waals surface area contributed by atoms with Gasteiger partial charge in [0.1, 0.15) is 0 Å². The quantitative estimate of drug-likeness (QED) is 0.522. The fourth-order valence-electron chi connectivity index (χ4n) is 2.51. The first-order valence-corrected chi connectivity index (χ1v) is 8.57. The summed E-state index contributed by atoms with van der Waals surface area (Å²) in [4.78, 5) is 17.0. The molecule has 126 valence electrons. The Morgan fingerprint density at radius 3 is 2.32 bits per heavy atom. The third-order valence-electron chi connectivity index (χ3n) is 4.02. The second-order valence-electron chi connectivity index (χ2n) is 6.18. The molecule has 0 N–H and O–H groups in total. The van der Waals surface area contributed by atoms with Crippen molar-refractivity contribution in [2.24, 2.45) is 0 Å². The van der Waals surface area contributed by atoms with E-state index >= 15 is 0 Å². The molecule has 0 fully saturated rings. The predicted molar refractivity (Wildman–Crippen MR) is 103 cm³/mol. The summed E-state index contributed by atoms with van der Waals surface area (Å²) in [7, 11) is 0. The molecule has 0 atom stereocenters. The second kappa shape index (κ2) is 7.79. The molecule has 0 aliphatic rings. The van der Waals surface area contributed by atoms with Crippen molar-refractivity contribution in [3.05, 3.63) is 72.6 Å². The monoisotopic (exact) mass is 330 g/mol. The van der Waals surface area contributed by atoms with Crippen molar-refractivity contribution >= 4 is 21.8 Å². The van der Waals surface area contributed by atoms with Crippen LogP contribution in [-0.2, 0) is 6.42 Å². The molecule has 4 aromatic heterocycles. The third kappa shape index (κ3) is 4.15. The Kier molecular flexibility index (Phi) is 5.29. The zero-order valence-electron chi connectivity index (χ0n) is 14.8. The normalized spacial score (nSPS) is 10.7. The van der Waals surface area contributed by atoms with Gasteiger partial charge in [-0.05, 0) is 42.7 Å². The molecule has 25 heavy (non-hydrogen) atoms. The predicted octanol–water partition coefficient (Wildman–Crippen LogP) is 4.95. The fourth-order valence-corrected chi connectivity index (χ4v) is 2.51. The van der Waals surface area contributed by atoms with Crippen molar-refractivity contribution in [1.29, 1.82) is 0 Å². The largest absolute Gasteiger partial charge is 0.264 e. The van der Waals surface area contributed by atoms with Crippen LogP contribution in [0.3, 0.4) is 0 Å². The van der Waals surface area contributed by atoms with E-state index in [0.29, 0.717) is 5.92 Å². The average molecular weight is 330 g/mol. The lowest BCUT2D eigenvalue weighted by Gasteiger charge is -2.04. The molecule has 0 unspecified atom stereocenters. The molecule has 0 amide bonds. The standard InChI is InChI=1S/C11H12N2.C10H10N2/c1-8(2)10-4-3-9-7-12-6-5-11(9)13-10;1-2-9-4-3-8-5-6-11-7-10(8)12-9/h3-8H,1-2H3;3-7H,2H2,1H3. The number of nitrogens with zero attached hydrogens (tertiary/aromatic N) is 4. The molecule has 0 spiro atoms. The molecule has 0 saturated carbocycles. The van der Waals surface area contributed by atoms with Gasteiger partial charge in [-0.15, -0.1) is 0 Å². The Morgan fingerprint density at radius 1 is 0.760 bits per heavy atom. The van der Waals surface area contributed by atoms with Crippen molar-refractivity contribution in [1.82, 2.24) is 19.9 Å². The van der Waals surface area contributed by atoms with Gasteiger partial charge in [0.25, 0.3) is 0 Å². The summed E-state index contributed by atoms with van der Waals surface area (Å²) in [5, 5.41) is 2.26. The highest BCUT2D eigenvalue weighted by Crippen LogP contribution is 2.16.